The molecule has 1 aliphatic rings. The van der Waals surface area contributed by atoms with E-state index < -0.39 is 10.0 Å². The lowest BCUT2D eigenvalue weighted by atomic mass is 10.1. The molecule has 1 saturated heterocycles. The number of nitrogens with zero attached hydrogens (tertiary/aromatic N) is 1. The molecule has 0 bridgehead atoms. The second-order valence-electron chi connectivity index (χ2n) is 5.51. The highest BCUT2D eigenvalue weighted by atomic mass is 35.5. The summed E-state index contributed by atoms with van der Waals surface area (Å²) in [4.78, 5) is 11.6. The van der Waals surface area contributed by atoms with Crippen LogP contribution < -0.4 is 5.32 Å². The van der Waals surface area contributed by atoms with Gasteiger partial charge in [-0.15, -0.1) is 0 Å². The Morgan fingerprint density at radius 2 is 2.18 bits per heavy atom. The zero-order valence-electron chi connectivity index (χ0n) is 12.8. The number of sulfonamides is 1. The molecule has 1 fully saturated rings. The van der Waals surface area contributed by atoms with Crippen molar-refractivity contribution in [1.82, 2.24) is 9.62 Å². The van der Waals surface area contributed by atoms with Gasteiger partial charge in [0.2, 0.25) is 15.9 Å². The van der Waals surface area contributed by atoms with Crippen LogP contribution in [0.15, 0.2) is 23.1 Å². The number of hydrogen-bond donors (Lipinski definition) is 1. The summed E-state index contributed by atoms with van der Waals surface area (Å²) in [5, 5.41) is 3.14. The maximum absolute atomic E-state index is 12.8. The van der Waals surface area contributed by atoms with Crippen molar-refractivity contribution in [2.75, 3.05) is 13.1 Å². The average Bonchev–Trinajstić information content (AvgIpc) is 2.50. The molecule has 5 nitrogen and oxygen atoms in total. The first kappa shape index (κ1) is 17.2. The zero-order chi connectivity index (χ0) is 16.3. The molecule has 1 aromatic rings. The lowest BCUT2D eigenvalue weighted by Gasteiger charge is -2.32. The van der Waals surface area contributed by atoms with Gasteiger partial charge in [0.1, 0.15) is 4.90 Å². The molecule has 122 valence electrons. The molecule has 2 rings (SSSR count). The van der Waals surface area contributed by atoms with Crippen molar-refractivity contribution in [2.24, 2.45) is 0 Å². The van der Waals surface area contributed by atoms with Crippen LogP contribution in [0.5, 0.6) is 0 Å². The number of aryl methyl sites for hydroxylation is 1. The largest absolute Gasteiger partial charge is 0.352 e. The van der Waals surface area contributed by atoms with E-state index in [9.17, 15) is 13.2 Å². The number of carbonyl (C=O) groups is 1. The van der Waals surface area contributed by atoms with E-state index in [0.29, 0.717) is 19.5 Å². The highest BCUT2D eigenvalue weighted by Crippen LogP contribution is 2.29. The van der Waals surface area contributed by atoms with Crippen LogP contribution in [0.4, 0.5) is 0 Å². The van der Waals surface area contributed by atoms with E-state index in [1.54, 1.807) is 26.0 Å². The molecule has 1 aromatic carbocycles. The molecule has 0 aliphatic carbocycles. The van der Waals surface area contributed by atoms with Gasteiger partial charge in [0, 0.05) is 25.6 Å². The summed E-state index contributed by atoms with van der Waals surface area (Å²) in [6, 6.07) is 4.86. The van der Waals surface area contributed by atoms with Crippen LogP contribution in [0.3, 0.4) is 0 Å². The van der Waals surface area contributed by atoms with Crippen molar-refractivity contribution in [1.29, 1.82) is 0 Å². The maximum Gasteiger partial charge on any atom is 0.244 e. The third-order valence-corrected chi connectivity index (χ3v) is 6.37. The second kappa shape index (κ2) is 6.98. The van der Waals surface area contributed by atoms with Crippen molar-refractivity contribution in [2.45, 2.75) is 44.0 Å². The van der Waals surface area contributed by atoms with Gasteiger partial charge < -0.3 is 5.32 Å². The van der Waals surface area contributed by atoms with Crippen LogP contribution in [0, 0.1) is 6.92 Å². The Kier molecular flexibility index (Phi) is 5.47. The number of carbonyl (C=O) groups excluding carboxylic acids is 1. The lowest BCUT2D eigenvalue weighted by molar-refractivity contribution is -0.121. The van der Waals surface area contributed by atoms with Crippen LogP contribution in [0.1, 0.15) is 31.7 Å². The van der Waals surface area contributed by atoms with Gasteiger partial charge in [-0.05, 0) is 31.4 Å². The molecule has 1 atom stereocenters. The Hall–Kier alpha value is -1.11. The van der Waals surface area contributed by atoms with Gasteiger partial charge in [-0.1, -0.05) is 30.7 Å². The van der Waals surface area contributed by atoms with Crippen LogP contribution in [0.2, 0.25) is 5.02 Å². The monoisotopic (exact) mass is 344 g/mol. The lowest BCUT2D eigenvalue weighted by Crippen LogP contribution is -2.49. The number of rotatable bonds is 4. The topological polar surface area (TPSA) is 66.5 Å². The number of piperidine rings is 1. The summed E-state index contributed by atoms with van der Waals surface area (Å²) in [6.45, 7) is 4.30. The van der Waals surface area contributed by atoms with Gasteiger partial charge in [0.15, 0.2) is 0 Å². The Morgan fingerprint density at radius 3 is 2.86 bits per heavy atom. The van der Waals surface area contributed by atoms with Gasteiger partial charge in [-0.25, -0.2) is 8.42 Å². The van der Waals surface area contributed by atoms with Gasteiger partial charge in [0.05, 0.1) is 5.02 Å². The Morgan fingerprint density at radius 1 is 1.45 bits per heavy atom. The van der Waals surface area contributed by atoms with E-state index in [1.165, 1.54) is 10.4 Å². The van der Waals surface area contributed by atoms with Crippen molar-refractivity contribution in [3.8, 4) is 0 Å². The van der Waals surface area contributed by atoms with Crippen molar-refractivity contribution >= 4 is 27.5 Å². The fraction of sp³-hybridized carbons (Fsp3) is 0.533. The molecule has 0 saturated carbocycles. The summed E-state index contributed by atoms with van der Waals surface area (Å²) >= 11 is 6.16. The molecule has 0 unspecified atom stereocenters. The van der Waals surface area contributed by atoms with E-state index in [0.717, 1.165) is 18.4 Å². The molecular formula is C15H21ClN2O3S. The standard InChI is InChI=1S/C15H21ClN2O3S/c1-3-14(19)17-12-7-5-9-18(10-12)22(20,21)13-8-4-6-11(2)15(13)16/h4,6,8,12H,3,5,7,9-10H2,1-2H3,(H,17,19)/t12-/m1/s1. The Labute approximate surface area is 136 Å². The molecule has 0 radical (unpaired) electrons. The van der Waals surface area contributed by atoms with Crippen molar-refractivity contribution in [3.63, 3.8) is 0 Å². The summed E-state index contributed by atoms with van der Waals surface area (Å²) in [7, 11) is -3.64. The maximum atomic E-state index is 12.8. The van der Waals surface area contributed by atoms with Crippen molar-refractivity contribution < 1.29 is 13.2 Å². The van der Waals surface area contributed by atoms with E-state index in [2.05, 4.69) is 5.32 Å². The van der Waals surface area contributed by atoms with Crippen LogP contribution in [-0.4, -0.2) is 37.8 Å². The predicted molar refractivity (Wildman–Crippen MR) is 86.4 cm³/mol. The van der Waals surface area contributed by atoms with Gasteiger partial charge in [-0.3, -0.25) is 4.79 Å². The fourth-order valence-corrected chi connectivity index (χ4v) is 4.65. The van der Waals surface area contributed by atoms with Crippen LogP contribution >= 0.6 is 11.6 Å². The highest BCUT2D eigenvalue weighted by Gasteiger charge is 2.32. The molecule has 1 N–H and O–H groups in total. The quantitative estimate of drug-likeness (QED) is 0.911. The summed E-state index contributed by atoms with van der Waals surface area (Å²) in [5.41, 5.74) is 0.732. The minimum absolute atomic E-state index is 0.0576. The fourth-order valence-electron chi connectivity index (χ4n) is 2.57. The number of amides is 1. The van der Waals surface area contributed by atoms with Crippen LogP contribution in [0.25, 0.3) is 0 Å². The predicted octanol–water partition coefficient (Wildman–Crippen LogP) is 2.33. The SMILES string of the molecule is CCC(=O)N[C@@H]1CCCN(S(=O)(=O)c2cccc(C)c2Cl)C1. The third kappa shape index (κ3) is 3.62. The zero-order valence-corrected chi connectivity index (χ0v) is 14.4. The molecular weight excluding hydrogens is 324 g/mol. The minimum Gasteiger partial charge on any atom is -0.352 e. The second-order valence-corrected chi connectivity index (χ2v) is 7.79. The summed E-state index contributed by atoms with van der Waals surface area (Å²) in [5.74, 6) is -0.0576. The average molecular weight is 345 g/mol. The molecule has 1 heterocycles. The number of hydrogen-bond acceptors (Lipinski definition) is 3. The first-order valence-corrected chi connectivity index (χ1v) is 9.22. The van der Waals surface area contributed by atoms with E-state index in [-0.39, 0.29) is 21.9 Å². The van der Waals surface area contributed by atoms with Crippen molar-refractivity contribution in [3.05, 3.63) is 28.8 Å². The molecule has 1 amide bonds. The van der Waals surface area contributed by atoms with Gasteiger partial charge in [-0.2, -0.15) is 4.31 Å². The smallest absolute Gasteiger partial charge is 0.244 e. The first-order valence-electron chi connectivity index (χ1n) is 7.41. The molecule has 0 aromatic heterocycles. The van der Waals surface area contributed by atoms with Gasteiger partial charge >= 0.3 is 0 Å². The highest BCUT2D eigenvalue weighted by molar-refractivity contribution is 7.89. The Balaban J connectivity index is 2.22. The molecule has 0 spiro atoms. The van der Waals surface area contributed by atoms with E-state index in [1.807, 2.05) is 0 Å². The number of nitrogens with one attached hydrogen (secondary N) is 1. The Bertz CT molecular complexity index is 661. The van der Waals surface area contributed by atoms with Crippen LogP contribution in [-0.2, 0) is 14.8 Å². The molecule has 7 heteroatoms. The molecule has 22 heavy (non-hydrogen) atoms. The third-order valence-electron chi connectivity index (χ3n) is 3.84. The first-order chi connectivity index (χ1) is 10.4. The minimum atomic E-state index is -3.64. The number of benzene rings is 1. The van der Waals surface area contributed by atoms with E-state index in [4.69, 9.17) is 11.6 Å². The normalized spacial score (nSPS) is 19.9. The van der Waals surface area contributed by atoms with Gasteiger partial charge in [0.25, 0.3) is 0 Å². The molecule has 1 aliphatic heterocycles. The number of halogens is 1. The summed E-state index contributed by atoms with van der Waals surface area (Å²) < 4.78 is 27.0. The van der Waals surface area contributed by atoms with E-state index >= 15 is 0 Å². The summed E-state index contributed by atoms with van der Waals surface area (Å²) in [6.07, 6.45) is 1.91.